The molecule has 4 heterocycles. The topological polar surface area (TPSA) is 314 Å². The second-order valence-electron chi connectivity index (χ2n) is 13.0. The standard InChI is InChI=1S/C34H40O20/c1-11-21(37)23(39)27(43)32(49-11)48-10-19-22(38)25(41)30(54-33-28(44)24(40)26(42)29(53-33)31(45)46)34(52-19)50-14-7-15(35)20-16(36)9-17(51-18(20)8-14)12-3-5-13(47-2)6-4-12/h3-9,11,19,21-30,32-35,37-44H,10H2,1-2H3,(H,45,46)/t11-,19+,21-,22+,23+,24-,25-,26-,27+,28+,29-,30+,32+,33-,34+/m0/s1. The number of aliphatic hydroxyl groups is 8. The van der Waals surface area contributed by atoms with E-state index in [1.54, 1.807) is 24.3 Å². The normalized spacial score (nSPS) is 37.2. The highest BCUT2D eigenvalue weighted by molar-refractivity contribution is 5.86. The van der Waals surface area contributed by atoms with E-state index in [-0.39, 0.29) is 22.5 Å². The van der Waals surface area contributed by atoms with E-state index < -0.39 is 116 Å². The Morgan fingerprint density at radius 2 is 1.41 bits per heavy atom. The van der Waals surface area contributed by atoms with Crippen LogP contribution in [0.4, 0.5) is 0 Å². The van der Waals surface area contributed by atoms with Crippen LogP contribution in [0.2, 0.25) is 0 Å². The molecule has 2 aromatic carbocycles. The molecule has 0 amide bonds. The van der Waals surface area contributed by atoms with E-state index in [2.05, 4.69) is 0 Å². The molecule has 3 aromatic rings. The van der Waals surface area contributed by atoms with Gasteiger partial charge < -0.3 is 88.6 Å². The fourth-order valence-corrected chi connectivity index (χ4v) is 6.29. The van der Waals surface area contributed by atoms with Crippen molar-refractivity contribution in [1.29, 1.82) is 0 Å². The van der Waals surface area contributed by atoms with Gasteiger partial charge in [0.05, 0.1) is 19.8 Å². The molecule has 3 saturated heterocycles. The molecule has 3 fully saturated rings. The van der Waals surface area contributed by atoms with Crippen LogP contribution in [-0.4, -0.2) is 163 Å². The summed E-state index contributed by atoms with van der Waals surface area (Å²) in [6.45, 7) is 0.755. The second-order valence-corrected chi connectivity index (χ2v) is 13.0. The Bertz CT molecular complexity index is 1830. The fourth-order valence-electron chi connectivity index (χ4n) is 6.29. The Morgan fingerprint density at radius 3 is 2.07 bits per heavy atom. The number of aliphatic carboxylic acids is 1. The van der Waals surface area contributed by atoms with E-state index in [4.69, 9.17) is 37.6 Å². The van der Waals surface area contributed by atoms with Gasteiger partial charge in [-0.25, -0.2) is 4.79 Å². The number of aliphatic hydroxyl groups excluding tert-OH is 8. The molecule has 0 saturated carbocycles. The van der Waals surface area contributed by atoms with Gasteiger partial charge >= 0.3 is 5.97 Å². The van der Waals surface area contributed by atoms with Gasteiger partial charge in [-0.2, -0.15) is 0 Å². The van der Waals surface area contributed by atoms with Crippen molar-refractivity contribution in [3.63, 3.8) is 0 Å². The zero-order valence-corrected chi connectivity index (χ0v) is 28.5. The van der Waals surface area contributed by atoms with E-state index in [1.807, 2.05) is 0 Å². The van der Waals surface area contributed by atoms with Crippen LogP contribution in [0.15, 0.2) is 51.7 Å². The number of hydrogen-bond acceptors (Lipinski definition) is 19. The molecule has 54 heavy (non-hydrogen) atoms. The van der Waals surface area contributed by atoms with Gasteiger partial charge in [0.1, 0.15) is 88.9 Å². The Morgan fingerprint density at radius 1 is 0.741 bits per heavy atom. The molecule has 0 bridgehead atoms. The highest BCUT2D eigenvalue weighted by atomic mass is 16.8. The number of fused-ring (bicyclic) bond motifs is 1. The van der Waals surface area contributed by atoms with Crippen LogP contribution in [-0.2, 0) is 28.5 Å². The van der Waals surface area contributed by atoms with Crippen molar-refractivity contribution < 1.29 is 93.4 Å². The number of hydrogen-bond donors (Lipinski definition) is 10. The fraction of sp³-hybridized carbons (Fsp3) is 0.529. The molecular weight excluding hydrogens is 728 g/mol. The number of ether oxygens (including phenoxy) is 7. The van der Waals surface area contributed by atoms with Gasteiger partial charge in [0, 0.05) is 23.8 Å². The van der Waals surface area contributed by atoms with E-state index in [0.717, 1.165) is 6.07 Å². The van der Waals surface area contributed by atoms with Crippen molar-refractivity contribution in [1.82, 2.24) is 0 Å². The van der Waals surface area contributed by atoms with Crippen LogP contribution in [0.25, 0.3) is 22.3 Å². The molecule has 20 nitrogen and oxygen atoms in total. The van der Waals surface area contributed by atoms with Crippen molar-refractivity contribution in [2.75, 3.05) is 13.7 Å². The maximum Gasteiger partial charge on any atom is 0.335 e. The smallest absolute Gasteiger partial charge is 0.335 e. The van der Waals surface area contributed by atoms with Crippen molar-refractivity contribution >= 4 is 16.9 Å². The summed E-state index contributed by atoms with van der Waals surface area (Å²) in [6, 6.07) is 9.89. The predicted octanol–water partition coefficient (Wildman–Crippen LogP) is -2.88. The molecular formula is C34H40O20. The maximum atomic E-state index is 13.1. The van der Waals surface area contributed by atoms with Gasteiger partial charge in [-0.3, -0.25) is 4.79 Å². The second kappa shape index (κ2) is 16.0. The first-order valence-electron chi connectivity index (χ1n) is 16.6. The van der Waals surface area contributed by atoms with Crippen molar-refractivity contribution in [2.45, 2.75) is 99.0 Å². The lowest BCUT2D eigenvalue weighted by Gasteiger charge is -2.46. The summed E-state index contributed by atoms with van der Waals surface area (Å²) in [6.07, 6.45) is -27.0. The summed E-state index contributed by atoms with van der Waals surface area (Å²) < 4.78 is 44.7. The summed E-state index contributed by atoms with van der Waals surface area (Å²) in [5, 5.41) is 104. The summed E-state index contributed by atoms with van der Waals surface area (Å²) in [5.74, 6) is -1.95. The van der Waals surface area contributed by atoms with Gasteiger partial charge in [-0.05, 0) is 31.2 Å². The Kier molecular flexibility index (Phi) is 11.8. The lowest BCUT2D eigenvalue weighted by Crippen LogP contribution is -2.66. The number of rotatable bonds is 10. The number of methoxy groups -OCH3 is 1. The Labute approximate surface area is 304 Å². The zero-order valence-electron chi connectivity index (χ0n) is 28.5. The average molecular weight is 769 g/mol. The number of benzene rings is 2. The monoisotopic (exact) mass is 768 g/mol. The third kappa shape index (κ3) is 7.75. The predicted molar refractivity (Wildman–Crippen MR) is 175 cm³/mol. The number of aromatic hydroxyl groups is 1. The number of carboxylic acids is 1. The minimum Gasteiger partial charge on any atom is -0.507 e. The molecule has 0 spiro atoms. The highest BCUT2D eigenvalue weighted by Crippen LogP contribution is 2.36. The first-order chi connectivity index (χ1) is 25.6. The summed E-state index contributed by atoms with van der Waals surface area (Å²) in [5.41, 5.74) is -0.304. The lowest BCUT2D eigenvalue weighted by molar-refractivity contribution is -0.359. The van der Waals surface area contributed by atoms with Crippen LogP contribution in [0.3, 0.4) is 0 Å². The van der Waals surface area contributed by atoms with Gasteiger partial charge in [0.15, 0.2) is 30.2 Å². The lowest BCUT2D eigenvalue weighted by atomic mass is 9.97. The zero-order chi connectivity index (χ0) is 39.2. The molecule has 1 aromatic heterocycles. The Balaban J connectivity index is 1.31. The highest BCUT2D eigenvalue weighted by Gasteiger charge is 2.53. The van der Waals surface area contributed by atoms with Gasteiger partial charge in [-0.1, -0.05) is 0 Å². The average Bonchev–Trinajstić information content (AvgIpc) is 3.14. The summed E-state index contributed by atoms with van der Waals surface area (Å²) >= 11 is 0. The summed E-state index contributed by atoms with van der Waals surface area (Å²) in [4.78, 5) is 24.8. The minimum atomic E-state index is -2.10. The quantitative estimate of drug-likeness (QED) is 0.0990. The van der Waals surface area contributed by atoms with Gasteiger partial charge in [-0.15, -0.1) is 0 Å². The number of carboxylic acid groups (broad SMARTS) is 1. The van der Waals surface area contributed by atoms with Crippen LogP contribution >= 0.6 is 0 Å². The van der Waals surface area contributed by atoms with Crippen molar-refractivity contribution in [3.8, 4) is 28.6 Å². The van der Waals surface area contributed by atoms with Crippen LogP contribution < -0.4 is 14.9 Å². The number of phenols is 1. The third-order valence-corrected chi connectivity index (χ3v) is 9.39. The van der Waals surface area contributed by atoms with Crippen molar-refractivity contribution in [2.24, 2.45) is 0 Å². The first-order valence-corrected chi connectivity index (χ1v) is 16.6. The molecule has 3 aliphatic rings. The molecule has 0 radical (unpaired) electrons. The van der Waals surface area contributed by atoms with E-state index >= 15 is 0 Å². The third-order valence-electron chi connectivity index (χ3n) is 9.39. The SMILES string of the molecule is COc1ccc(-c2cc(=O)c3c(O)cc(O[C@@H]4O[C@H](CO[C@@H]5O[C@@H](C)[C@H](O)[C@@H](O)[C@H]5O)[C@@H](O)[C@H](O)[C@H]4O[C@@H]4O[C@H](C(=O)O)[C@@H](O)[C@H](O)[C@H]4O)cc3o2)cc1. The van der Waals surface area contributed by atoms with Gasteiger partial charge in [0.2, 0.25) is 6.29 Å². The van der Waals surface area contributed by atoms with E-state index in [0.29, 0.717) is 11.3 Å². The molecule has 20 heteroatoms. The largest absolute Gasteiger partial charge is 0.507 e. The molecule has 296 valence electrons. The molecule has 6 rings (SSSR count). The van der Waals surface area contributed by atoms with Crippen LogP contribution in [0.5, 0.6) is 17.2 Å². The van der Waals surface area contributed by atoms with E-state index in [9.17, 15) is 60.7 Å². The molecule has 10 N–H and O–H groups in total. The number of phenolic OH excluding ortho intramolecular Hbond substituents is 1. The van der Waals surface area contributed by atoms with Crippen molar-refractivity contribution in [3.05, 3.63) is 52.7 Å². The Hall–Kier alpha value is -4.00. The van der Waals surface area contributed by atoms with Gasteiger partial charge in [0.25, 0.3) is 0 Å². The van der Waals surface area contributed by atoms with Crippen LogP contribution in [0.1, 0.15) is 6.92 Å². The maximum absolute atomic E-state index is 13.1. The molecule has 0 unspecified atom stereocenters. The molecule has 3 aliphatic heterocycles. The first kappa shape index (κ1) is 39.7. The van der Waals surface area contributed by atoms with Crippen LogP contribution in [0, 0.1) is 0 Å². The molecule has 15 atom stereocenters. The van der Waals surface area contributed by atoms with E-state index in [1.165, 1.54) is 26.2 Å². The minimum absolute atomic E-state index is 0.105. The molecule has 0 aliphatic carbocycles. The number of carbonyl (C=O) groups is 1. The summed E-state index contributed by atoms with van der Waals surface area (Å²) in [7, 11) is 1.48.